The Kier molecular flexibility index (Phi) is 5.74. The van der Waals surface area contributed by atoms with Crippen LogP contribution in [0.1, 0.15) is 58.8 Å². The van der Waals surface area contributed by atoms with Gasteiger partial charge in [0, 0.05) is 6.42 Å². The Morgan fingerprint density at radius 2 is 2.07 bits per heavy atom. The van der Waals surface area contributed by atoms with Crippen LogP contribution in [0.5, 0.6) is 0 Å². The molecule has 2 heteroatoms. The Morgan fingerprint density at radius 1 is 1.27 bits per heavy atom. The van der Waals surface area contributed by atoms with Crippen LogP contribution in [0.2, 0.25) is 0 Å². The lowest BCUT2D eigenvalue weighted by Gasteiger charge is -2.03. The summed E-state index contributed by atoms with van der Waals surface area (Å²) in [7, 11) is 0. The standard InChI is InChI=1S/C13H24O2/c1-3-5-6-7-13(14)15-9-8-12-10-11(12)4-2/h11-12H,3-10H2,1-2H3. The molecule has 1 fully saturated rings. The average Bonchev–Trinajstić information content (AvgIpc) is 2.97. The first-order valence-corrected chi connectivity index (χ1v) is 6.43. The summed E-state index contributed by atoms with van der Waals surface area (Å²) in [5.41, 5.74) is 0. The smallest absolute Gasteiger partial charge is 0.305 e. The van der Waals surface area contributed by atoms with Gasteiger partial charge in [-0.3, -0.25) is 4.79 Å². The van der Waals surface area contributed by atoms with Gasteiger partial charge >= 0.3 is 5.97 Å². The van der Waals surface area contributed by atoms with E-state index < -0.39 is 0 Å². The molecule has 0 bridgehead atoms. The summed E-state index contributed by atoms with van der Waals surface area (Å²) < 4.78 is 5.19. The topological polar surface area (TPSA) is 26.3 Å². The Balaban J connectivity index is 1.89. The van der Waals surface area contributed by atoms with E-state index in [2.05, 4.69) is 13.8 Å². The number of carbonyl (C=O) groups is 1. The highest BCUT2D eigenvalue weighted by atomic mass is 16.5. The molecule has 0 amide bonds. The number of carbonyl (C=O) groups excluding carboxylic acids is 1. The first kappa shape index (κ1) is 12.5. The van der Waals surface area contributed by atoms with Gasteiger partial charge in [0.25, 0.3) is 0 Å². The molecule has 88 valence electrons. The van der Waals surface area contributed by atoms with Gasteiger partial charge in [-0.1, -0.05) is 33.1 Å². The maximum Gasteiger partial charge on any atom is 0.305 e. The minimum Gasteiger partial charge on any atom is -0.466 e. The number of esters is 1. The van der Waals surface area contributed by atoms with Gasteiger partial charge in [-0.2, -0.15) is 0 Å². The van der Waals surface area contributed by atoms with Crippen LogP contribution in [0.4, 0.5) is 0 Å². The molecule has 1 aliphatic rings. The van der Waals surface area contributed by atoms with Crippen molar-refractivity contribution in [1.29, 1.82) is 0 Å². The van der Waals surface area contributed by atoms with Crippen LogP contribution < -0.4 is 0 Å². The van der Waals surface area contributed by atoms with E-state index in [1.165, 1.54) is 12.8 Å². The van der Waals surface area contributed by atoms with Crippen molar-refractivity contribution < 1.29 is 9.53 Å². The molecule has 15 heavy (non-hydrogen) atoms. The highest BCUT2D eigenvalue weighted by Gasteiger charge is 2.34. The van der Waals surface area contributed by atoms with E-state index in [-0.39, 0.29) is 5.97 Å². The second kappa shape index (κ2) is 6.86. The van der Waals surface area contributed by atoms with Crippen molar-refractivity contribution in [2.45, 2.75) is 58.8 Å². The van der Waals surface area contributed by atoms with E-state index >= 15 is 0 Å². The summed E-state index contributed by atoms with van der Waals surface area (Å²) in [5, 5.41) is 0. The van der Waals surface area contributed by atoms with Gasteiger partial charge in [-0.25, -0.2) is 0 Å². The number of unbranched alkanes of at least 4 members (excludes halogenated alkanes) is 2. The van der Waals surface area contributed by atoms with Crippen molar-refractivity contribution in [3.63, 3.8) is 0 Å². The normalized spacial score (nSPS) is 23.9. The van der Waals surface area contributed by atoms with Gasteiger partial charge in [0.15, 0.2) is 0 Å². The Bertz CT molecular complexity index is 189. The van der Waals surface area contributed by atoms with E-state index in [0.29, 0.717) is 13.0 Å². The van der Waals surface area contributed by atoms with Crippen LogP contribution in [-0.4, -0.2) is 12.6 Å². The van der Waals surface area contributed by atoms with Gasteiger partial charge in [0.2, 0.25) is 0 Å². The zero-order chi connectivity index (χ0) is 11.1. The van der Waals surface area contributed by atoms with E-state index in [4.69, 9.17) is 4.74 Å². The van der Waals surface area contributed by atoms with Crippen LogP contribution in [0, 0.1) is 11.8 Å². The van der Waals surface area contributed by atoms with Crippen molar-refractivity contribution in [1.82, 2.24) is 0 Å². The molecule has 2 atom stereocenters. The third-order valence-corrected chi connectivity index (χ3v) is 3.33. The van der Waals surface area contributed by atoms with E-state index in [1.54, 1.807) is 0 Å². The average molecular weight is 212 g/mol. The van der Waals surface area contributed by atoms with Gasteiger partial charge in [0.1, 0.15) is 0 Å². The molecule has 0 radical (unpaired) electrons. The van der Waals surface area contributed by atoms with E-state index in [0.717, 1.165) is 37.5 Å². The van der Waals surface area contributed by atoms with Gasteiger partial charge in [-0.05, 0) is 31.1 Å². The molecule has 0 aromatic carbocycles. The van der Waals surface area contributed by atoms with E-state index in [9.17, 15) is 4.79 Å². The second-order valence-electron chi connectivity index (χ2n) is 4.63. The Labute approximate surface area is 93.4 Å². The second-order valence-corrected chi connectivity index (χ2v) is 4.63. The minimum atomic E-state index is -0.00264. The Hall–Kier alpha value is -0.530. The van der Waals surface area contributed by atoms with Crippen LogP contribution in [0.3, 0.4) is 0 Å². The van der Waals surface area contributed by atoms with Crippen LogP contribution in [0.15, 0.2) is 0 Å². The molecular formula is C13H24O2. The molecule has 0 aromatic heterocycles. The van der Waals surface area contributed by atoms with Crippen molar-refractivity contribution in [2.24, 2.45) is 11.8 Å². The number of hydrogen-bond acceptors (Lipinski definition) is 2. The predicted octanol–water partition coefficient (Wildman–Crippen LogP) is 3.55. The van der Waals surface area contributed by atoms with Gasteiger partial charge in [0.05, 0.1) is 6.61 Å². The van der Waals surface area contributed by atoms with Gasteiger partial charge < -0.3 is 4.74 Å². The first-order chi connectivity index (χ1) is 7.27. The highest BCUT2D eigenvalue weighted by Crippen LogP contribution is 2.43. The van der Waals surface area contributed by atoms with Crippen molar-refractivity contribution in [2.75, 3.05) is 6.61 Å². The fourth-order valence-corrected chi connectivity index (χ4v) is 2.08. The summed E-state index contributed by atoms with van der Waals surface area (Å²) in [4.78, 5) is 11.2. The van der Waals surface area contributed by atoms with Crippen LogP contribution in [0.25, 0.3) is 0 Å². The molecule has 0 aliphatic heterocycles. The molecule has 0 aromatic rings. The predicted molar refractivity (Wildman–Crippen MR) is 61.6 cm³/mol. The molecule has 0 spiro atoms. The molecular weight excluding hydrogens is 188 g/mol. The third kappa shape index (κ3) is 5.19. The lowest BCUT2D eigenvalue weighted by atomic mass is 10.2. The monoisotopic (exact) mass is 212 g/mol. The fraction of sp³-hybridized carbons (Fsp3) is 0.923. The van der Waals surface area contributed by atoms with Crippen LogP contribution >= 0.6 is 0 Å². The zero-order valence-electron chi connectivity index (χ0n) is 10.1. The molecule has 0 saturated heterocycles. The summed E-state index contributed by atoms with van der Waals surface area (Å²) in [5.74, 6) is 1.76. The third-order valence-electron chi connectivity index (χ3n) is 3.33. The van der Waals surface area contributed by atoms with Crippen molar-refractivity contribution >= 4 is 5.97 Å². The SMILES string of the molecule is CCCCCC(=O)OCCC1CC1CC. The van der Waals surface area contributed by atoms with Crippen LogP contribution in [-0.2, 0) is 9.53 Å². The maximum absolute atomic E-state index is 11.2. The van der Waals surface area contributed by atoms with Crippen molar-refractivity contribution in [3.05, 3.63) is 0 Å². The maximum atomic E-state index is 11.2. The van der Waals surface area contributed by atoms with Gasteiger partial charge in [-0.15, -0.1) is 0 Å². The summed E-state index contributed by atoms with van der Waals surface area (Å²) in [6.45, 7) is 5.02. The molecule has 1 aliphatic carbocycles. The minimum absolute atomic E-state index is 0.00264. The molecule has 2 unspecified atom stereocenters. The van der Waals surface area contributed by atoms with E-state index in [1.807, 2.05) is 0 Å². The Morgan fingerprint density at radius 3 is 2.67 bits per heavy atom. The summed E-state index contributed by atoms with van der Waals surface area (Å²) in [6.07, 6.45) is 7.60. The zero-order valence-corrected chi connectivity index (χ0v) is 10.1. The lowest BCUT2D eigenvalue weighted by Crippen LogP contribution is -2.06. The summed E-state index contributed by atoms with van der Waals surface area (Å²) in [6, 6.07) is 0. The molecule has 0 N–H and O–H groups in total. The first-order valence-electron chi connectivity index (χ1n) is 6.43. The molecule has 1 rings (SSSR count). The quantitative estimate of drug-likeness (QED) is 0.454. The largest absolute Gasteiger partial charge is 0.466 e. The number of hydrogen-bond donors (Lipinski definition) is 0. The molecule has 2 nitrogen and oxygen atoms in total. The van der Waals surface area contributed by atoms with Crippen molar-refractivity contribution in [3.8, 4) is 0 Å². The lowest BCUT2D eigenvalue weighted by molar-refractivity contribution is -0.144. The molecule has 1 saturated carbocycles. The molecule has 0 heterocycles. The fourth-order valence-electron chi connectivity index (χ4n) is 2.08. The number of ether oxygens (including phenoxy) is 1. The summed E-state index contributed by atoms with van der Waals surface area (Å²) >= 11 is 0. The highest BCUT2D eigenvalue weighted by molar-refractivity contribution is 5.69. The number of rotatable bonds is 8.